The van der Waals surface area contributed by atoms with E-state index in [1.807, 2.05) is 6.07 Å². The Bertz CT molecular complexity index is 702. The quantitative estimate of drug-likeness (QED) is 0.750. The average Bonchev–Trinajstić information content (AvgIpc) is 2.56. The van der Waals surface area contributed by atoms with E-state index in [1.165, 1.54) is 11.1 Å². The predicted octanol–water partition coefficient (Wildman–Crippen LogP) is 3.62. The van der Waals surface area contributed by atoms with Crippen molar-refractivity contribution >= 4 is 35.1 Å². The van der Waals surface area contributed by atoms with Gasteiger partial charge in [0.2, 0.25) is 5.91 Å². The van der Waals surface area contributed by atoms with Crippen molar-refractivity contribution in [2.24, 2.45) is 0 Å². The summed E-state index contributed by atoms with van der Waals surface area (Å²) in [5.74, 6) is 1.16. The highest BCUT2D eigenvalue weighted by atomic mass is 32.2. The molecule has 6 heteroatoms. The van der Waals surface area contributed by atoms with Crippen molar-refractivity contribution in [1.82, 2.24) is 5.32 Å². The molecule has 2 rings (SSSR count). The molecule has 0 bridgehead atoms. The van der Waals surface area contributed by atoms with Gasteiger partial charge in [-0.25, -0.2) is 4.79 Å². The van der Waals surface area contributed by atoms with Crippen LogP contribution in [0.5, 0.6) is 0 Å². The summed E-state index contributed by atoms with van der Waals surface area (Å²) >= 11 is 1.58. The Kier molecular flexibility index (Phi) is 6.69. The zero-order valence-corrected chi connectivity index (χ0v) is 14.6. The highest BCUT2D eigenvalue weighted by molar-refractivity contribution is 7.99. The Balaban J connectivity index is 1.76. The number of nitrogens with one attached hydrogen (secondary N) is 3. The van der Waals surface area contributed by atoms with E-state index in [1.54, 1.807) is 43.1 Å². The highest BCUT2D eigenvalue weighted by Gasteiger charge is 2.04. The van der Waals surface area contributed by atoms with Gasteiger partial charge in [-0.05, 0) is 36.8 Å². The van der Waals surface area contributed by atoms with E-state index in [4.69, 9.17) is 0 Å². The number of benzene rings is 2. The van der Waals surface area contributed by atoms with Gasteiger partial charge >= 0.3 is 6.03 Å². The van der Waals surface area contributed by atoms with Gasteiger partial charge in [-0.2, -0.15) is 0 Å². The van der Waals surface area contributed by atoms with Gasteiger partial charge in [0, 0.05) is 24.2 Å². The van der Waals surface area contributed by atoms with Crippen molar-refractivity contribution < 1.29 is 9.59 Å². The Morgan fingerprint density at radius 2 is 1.67 bits per heavy atom. The summed E-state index contributed by atoms with van der Waals surface area (Å²) in [6.45, 7) is 2.06. The third-order valence-corrected chi connectivity index (χ3v) is 4.24. The molecule has 0 unspecified atom stereocenters. The van der Waals surface area contributed by atoms with Crippen LogP contribution in [0.25, 0.3) is 0 Å². The largest absolute Gasteiger partial charge is 0.341 e. The number of rotatable bonds is 6. The lowest BCUT2D eigenvalue weighted by molar-refractivity contribution is -0.113. The Labute approximate surface area is 146 Å². The fourth-order valence-corrected chi connectivity index (χ4v) is 2.87. The van der Waals surface area contributed by atoms with Crippen LogP contribution in [0.2, 0.25) is 0 Å². The first-order valence-corrected chi connectivity index (χ1v) is 8.74. The summed E-state index contributed by atoms with van der Waals surface area (Å²) in [7, 11) is 1.55. The van der Waals surface area contributed by atoms with E-state index in [0.29, 0.717) is 17.1 Å². The first-order chi connectivity index (χ1) is 11.6. The molecule has 0 heterocycles. The van der Waals surface area contributed by atoms with Gasteiger partial charge in [-0.3, -0.25) is 4.79 Å². The molecule has 0 aliphatic rings. The van der Waals surface area contributed by atoms with Gasteiger partial charge in [-0.1, -0.05) is 29.8 Å². The van der Waals surface area contributed by atoms with Crippen molar-refractivity contribution in [3.05, 3.63) is 59.7 Å². The molecule has 3 N–H and O–H groups in total. The molecule has 0 aliphatic carbocycles. The van der Waals surface area contributed by atoms with Gasteiger partial charge in [0.25, 0.3) is 0 Å². The predicted molar refractivity (Wildman–Crippen MR) is 100 cm³/mol. The Hall–Kier alpha value is -2.47. The SMILES string of the molecule is CNC(=O)Nc1ccc(NC(=O)CSCc2cccc(C)c2)cc1. The number of carbonyl (C=O) groups is 2. The van der Waals surface area contributed by atoms with Crippen LogP contribution in [0.15, 0.2) is 48.5 Å². The number of urea groups is 1. The smallest absolute Gasteiger partial charge is 0.318 e. The molecule has 0 radical (unpaired) electrons. The van der Waals surface area contributed by atoms with Crippen molar-refractivity contribution in [3.63, 3.8) is 0 Å². The molecular formula is C18H21N3O2S. The van der Waals surface area contributed by atoms with Crippen LogP contribution in [-0.4, -0.2) is 24.7 Å². The van der Waals surface area contributed by atoms with E-state index in [0.717, 1.165) is 5.75 Å². The molecule has 126 valence electrons. The molecule has 0 atom stereocenters. The number of amides is 3. The van der Waals surface area contributed by atoms with Gasteiger partial charge in [0.15, 0.2) is 0 Å². The van der Waals surface area contributed by atoms with Gasteiger partial charge in [0.05, 0.1) is 5.75 Å². The molecule has 0 saturated heterocycles. The van der Waals surface area contributed by atoms with Gasteiger partial charge in [-0.15, -0.1) is 11.8 Å². The maximum absolute atomic E-state index is 12.0. The second kappa shape index (κ2) is 8.98. The van der Waals surface area contributed by atoms with Crippen LogP contribution in [0.4, 0.5) is 16.2 Å². The summed E-state index contributed by atoms with van der Waals surface area (Å²) in [4.78, 5) is 23.2. The molecule has 0 fully saturated rings. The first kappa shape index (κ1) is 17.9. The third kappa shape index (κ3) is 5.96. The minimum atomic E-state index is -0.278. The van der Waals surface area contributed by atoms with E-state index in [9.17, 15) is 9.59 Å². The van der Waals surface area contributed by atoms with Crippen LogP contribution in [-0.2, 0) is 10.5 Å². The summed E-state index contributed by atoms with van der Waals surface area (Å²) in [6.07, 6.45) is 0. The minimum Gasteiger partial charge on any atom is -0.341 e. The van der Waals surface area contributed by atoms with E-state index in [-0.39, 0.29) is 11.9 Å². The molecule has 5 nitrogen and oxygen atoms in total. The summed E-state index contributed by atoms with van der Waals surface area (Å²) in [5.41, 5.74) is 3.82. The lowest BCUT2D eigenvalue weighted by Gasteiger charge is -2.08. The van der Waals surface area contributed by atoms with Crippen LogP contribution in [0.3, 0.4) is 0 Å². The normalized spacial score (nSPS) is 10.1. The Morgan fingerprint density at radius 3 is 2.29 bits per heavy atom. The lowest BCUT2D eigenvalue weighted by atomic mass is 10.2. The number of hydrogen-bond acceptors (Lipinski definition) is 3. The zero-order chi connectivity index (χ0) is 17.4. The topological polar surface area (TPSA) is 70.2 Å². The standard InChI is InChI=1S/C18H21N3O2S/c1-13-4-3-5-14(10-13)11-24-12-17(22)20-15-6-8-16(9-7-15)21-18(23)19-2/h3-10H,11-12H2,1-2H3,(H,20,22)(H2,19,21,23). The number of carbonyl (C=O) groups excluding carboxylic acids is 2. The van der Waals surface area contributed by atoms with Crippen LogP contribution >= 0.6 is 11.8 Å². The molecular weight excluding hydrogens is 322 g/mol. The third-order valence-electron chi connectivity index (χ3n) is 3.24. The average molecular weight is 343 g/mol. The highest BCUT2D eigenvalue weighted by Crippen LogP contribution is 2.16. The van der Waals surface area contributed by atoms with Crippen molar-refractivity contribution in [2.75, 3.05) is 23.4 Å². The second-order valence-electron chi connectivity index (χ2n) is 5.31. The lowest BCUT2D eigenvalue weighted by Crippen LogP contribution is -2.24. The van der Waals surface area contributed by atoms with E-state index in [2.05, 4.69) is 41.1 Å². The van der Waals surface area contributed by atoms with Crippen LogP contribution in [0.1, 0.15) is 11.1 Å². The fraction of sp³-hybridized carbons (Fsp3) is 0.222. The zero-order valence-electron chi connectivity index (χ0n) is 13.8. The van der Waals surface area contributed by atoms with Crippen molar-refractivity contribution in [2.45, 2.75) is 12.7 Å². The molecule has 0 saturated carbocycles. The van der Waals surface area contributed by atoms with Crippen molar-refractivity contribution in [3.8, 4) is 0 Å². The summed E-state index contributed by atoms with van der Waals surface area (Å²) < 4.78 is 0. The maximum atomic E-state index is 12.0. The molecule has 0 aliphatic heterocycles. The van der Waals surface area contributed by atoms with Crippen LogP contribution < -0.4 is 16.0 Å². The second-order valence-corrected chi connectivity index (χ2v) is 6.30. The van der Waals surface area contributed by atoms with E-state index >= 15 is 0 Å². The minimum absolute atomic E-state index is 0.0420. The monoisotopic (exact) mass is 343 g/mol. The number of anilines is 2. The summed E-state index contributed by atoms with van der Waals surface area (Å²) in [5, 5.41) is 7.99. The van der Waals surface area contributed by atoms with Crippen molar-refractivity contribution in [1.29, 1.82) is 0 Å². The molecule has 24 heavy (non-hydrogen) atoms. The molecule has 2 aromatic carbocycles. The summed E-state index contributed by atoms with van der Waals surface area (Å²) in [6, 6.07) is 15.0. The number of hydrogen-bond donors (Lipinski definition) is 3. The molecule has 2 aromatic rings. The molecule has 3 amide bonds. The van der Waals surface area contributed by atoms with Gasteiger partial charge < -0.3 is 16.0 Å². The number of thioether (sulfide) groups is 1. The number of aryl methyl sites for hydroxylation is 1. The molecule has 0 aromatic heterocycles. The first-order valence-electron chi connectivity index (χ1n) is 7.59. The van der Waals surface area contributed by atoms with Gasteiger partial charge in [0.1, 0.15) is 0 Å². The Morgan fingerprint density at radius 1 is 1.00 bits per heavy atom. The maximum Gasteiger partial charge on any atom is 0.318 e. The van der Waals surface area contributed by atoms with E-state index < -0.39 is 0 Å². The fourth-order valence-electron chi connectivity index (χ4n) is 2.09. The molecule has 0 spiro atoms. The van der Waals surface area contributed by atoms with Crippen LogP contribution in [0, 0.1) is 6.92 Å².